The van der Waals surface area contributed by atoms with Crippen molar-refractivity contribution in [2.75, 3.05) is 13.6 Å². The van der Waals surface area contributed by atoms with Crippen molar-refractivity contribution < 1.29 is 18.3 Å². The number of hydrogen-bond donors (Lipinski definition) is 1. The monoisotopic (exact) mass is 377 g/mol. The smallest absolute Gasteiger partial charge is 0.336 e. The number of nitrogens with zero attached hydrogens (tertiary/aromatic N) is 1. The van der Waals surface area contributed by atoms with Crippen LogP contribution in [0.4, 0.5) is 0 Å². The number of carbonyl (C=O) groups is 1. The van der Waals surface area contributed by atoms with E-state index in [2.05, 4.69) is 15.9 Å². The van der Waals surface area contributed by atoms with Gasteiger partial charge in [0.15, 0.2) is 0 Å². The Morgan fingerprint density at radius 2 is 1.95 bits per heavy atom. The molecule has 0 aliphatic heterocycles. The highest BCUT2D eigenvalue weighted by Crippen LogP contribution is 2.26. The third-order valence-electron chi connectivity index (χ3n) is 3.28. The van der Waals surface area contributed by atoms with E-state index in [1.165, 1.54) is 23.5 Å². The van der Waals surface area contributed by atoms with Crippen LogP contribution in [0, 0.1) is 12.8 Å². The molecule has 0 amide bonds. The Bertz CT molecular complexity index is 641. The Balaban J connectivity index is 3.23. The molecular weight excluding hydrogens is 358 g/mol. The number of hydrogen-bond acceptors (Lipinski definition) is 3. The Labute approximate surface area is 134 Å². The second kappa shape index (κ2) is 6.89. The second-order valence-corrected chi connectivity index (χ2v) is 8.29. The first-order valence-corrected chi connectivity index (χ1v) is 8.80. The summed E-state index contributed by atoms with van der Waals surface area (Å²) in [7, 11) is -2.18. The van der Waals surface area contributed by atoms with E-state index < -0.39 is 16.0 Å². The molecule has 0 aliphatic rings. The fourth-order valence-corrected chi connectivity index (χ4v) is 3.62. The molecular formula is C14H20BrNO4S. The summed E-state index contributed by atoms with van der Waals surface area (Å²) >= 11 is 3.22. The lowest BCUT2D eigenvalue weighted by molar-refractivity contribution is 0.0695. The summed E-state index contributed by atoms with van der Waals surface area (Å²) in [4.78, 5) is 11.2. The maximum Gasteiger partial charge on any atom is 0.336 e. The molecule has 118 valence electrons. The number of carboxylic acid groups (broad SMARTS) is 1. The summed E-state index contributed by atoms with van der Waals surface area (Å²) in [6, 6.07) is 2.66. The maximum absolute atomic E-state index is 12.5. The van der Waals surface area contributed by atoms with Gasteiger partial charge < -0.3 is 5.11 Å². The standard InChI is InChI=1S/C14H20BrNO4S/c1-9(2)5-6-16(4)21(19,20)11-7-12(14(17)18)10(3)13(15)8-11/h7-9H,5-6H2,1-4H3,(H,17,18). The van der Waals surface area contributed by atoms with Crippen LogP contribution in [-0.2, 0) is 10.0 Å². The molecule has 5 nitrogen and oxygen atoms in total. The van der Waals surface area contributed by atoms with Crippen LogP contribution in [0.15, 0.2) is 21.5 Å². The van der Waals surface area contributed by atoms with Crippen molar-refractivity contribution >= 4 is 31.9 Å². The predicted molar refractivity (Wildman–Crippen MR) is 85.1 cm³/mol. The van der Waals surface area contributed by atoms with E-state index in [9.17, 15) is 13.2 Å². The third kappa shape index (κ3) is 4.28. The van der Waals surface area contributed by atoms with Crippen molar-refractivity contribution in [3.8, 4) is 0 Å². The quantitative estimate of drug-likeness (QED) is 0.826. The molecule has 7 heteroatoms. The molecule has 0 aromatic heterocycles. The first kappa shape index (κ1) is 18.1. The zero-order chi connectivity index (χ0) is 16.4. The van der Waals surface area contributed by atoms with E-state index in [1.54, 1.807) is 6.92 Å². The summed E-state index contributed by atoms with van der Waals surface area (Å²) in [5.74, 6) is -0.753. The molecule has 21 heavy (non-hydrogen) atoms. The summed E-state index contributed by atoms with van der Waals surface area (Å²) in [5.41, 5.74) is 0.492. The Morgan fingerprint density at radius 3 is 2.43 bits per heavy atom. The van der Waals surface area contributed by atoms with Crippen molar-refractivity contribution in [3.05, 3.63) is 27.7 Å². The highest BCUT2D eigenvalue weighted by atomic mass is 79.9. The minimum atomic E-state index is -3.69. The molecule has 0 unspecified atom stereocenters. The van der Waals surface area contributed by atoms with Gasteiger partial charge in [0.2, 0.25) is 10.0 Å². The summed E-state index contributed by atoms with van der Waals surface area (Å²) < 4.78 is 26.7. The zero-order valence-corrected chi connectivity index (χ0v) is 15.0. The van der Waals surface area contributed by atoms with E-state index in [1.807, 2.05) is 13.8 Å². The van der Waals surface area contributed by atoms with Gasteiger partial charge in [-0.3, -0.25) is 0 Å². The zero-order valence-electron chi connectivity index (χ0n) is 12.6. The molecule has 0 spiro atoms. The first-order chi connectivity index (χ1) is 9.57. The molecule has 0 bridgehead atoms. The van der Waals surface area contributed by atoms with Gasteiger partial charge in [0, 0.05) is 18.1 Å². The average molecular weight is 378 g/mol. The largest absolute Gasteiger partial charge is 0.478 e. The molecule has 0 radical (unpaired) electrons. The SMILES string of the molecule is Cc1c(Br)cc(S(=O)(=O)N(C)CCC(C)C)cc1C(=O)O. The lowest BCUT2D eigenvalue weighted by Gasteiger charge is -2.19. The van der Waals surface area contributed by atoms with Gasteiger partial charge in [0.05, 0.1) is 10.5 Å². The highest BCUT2D eigenvalue weighted by Gasteiger charge is 2.24. The highest BCUT2D eigenvalue weighted by molar-refractivity contribution is 9.10. The summed E-state index contributed by atoms with van der Waals surface area (Å²) in [5, 5.41) is 9.17. The van der Waals surface area contributed by atoms with Gasteiger partial charge in [0.1, 0.15) is 0 Å². The van der Waals surface area contributed by atoms with Gasteiger partial charge in [-0.25, -0.2) is 17.5 Å². The van der Waals surface area contributed by atoms with Crippen molar-refractivity contribution in [1.29, 1.82) is 0 Å². The summed E-state index contributed by atoms with van der Waals surface area (Å²) in [6.07, 6.45) is 0.745. The van der Waals surface area contributed by atoms with Gasteiger partial charge in [-0.05, 0) is 37.0 Å². The van der Waals surface area contributed by atoms with Gasteiger partial charge in [-0.2, -0.15) is 0 Å². The average Bonchev–Trinajstić information content (AvgIpc) is 2.38. The molecule has 0 atom stereocenters. The number of aromatic carboxylic acids is 1. The Morgan fingerprint density at radius 1 is 1.38 bits per heavy atom. The fourth-order valence-electron chi connectivity index (χ4n) is 1.77. The van der Waals surface area contributed by atoms with Gasteiger partial charge in [-0.15, -0.1) is 0 Å². The van der Waals surface area contributed by atoms with E-state index in [4.69, 9.17) is 5.11 Å². The number of benzene rings is 1. The normalized spacial score (nSPS) is 12.1. The molecule has 1 aromatic carbocycles. The number of halogens is 1. The number of rotatable bonds is 6. The molecule has 0 fully saturated rings. The molecule has 1 N–H and O–H groups in total. The van der Waals surface area contributed by atoms with Crippen molar-refractivity contribution in [1.82, 2.24) is 4.31 Å². The van der Waals surface area contributed by atoms with Crippen LogP contribution in [0.25, 0.3) is 0 Å². The summed E-state index contributed by atoms with van der Waals surface area (Å²) in [6.45, 7) is 6.07. The first-order valence-electron chi connectivity index (χ1n) is 6.57. The number of sulfonamides is 1. The van der Waals surface area contributed by atoms with Crippen LogP contribution in [-0.4, -0.2) is 37.4 Å². The maximum atomic E-state index is 12.5. The van der Waals surface area contributed by atoms with Crippen LogP contribution >= 0.6 is 15.9 Å². The van der Waals surface area contributed by atoms with Gasteiger partial charge >= 0.3 is 5.97 Å². The fraction of sp³-hybridized carbons (Fsp3) is 0.500. The third-order valence-corrected chi connectivity index (χ3v) is 5.94. The minimum absolute atomic E-state index is 0.0105. The molecule has 1 rings (SSSR count). The topological polar surface area (TPSA) is 74.7 Å². The molecule has 0 heterocycles. The van der Waals surface area contributed by atoms with Crippen LogP contribution < -0.4 is 0 Å². The lowest BCUT2D eigenvalue weighted by Crippen LogP contribution is -2.29. The lowest BCUT2D eigenvalue weighted by atomic mass is 10.1. The van der Waals surface area contributed by atoms with Crippen molar-refractivity contribution in [2.24, 2.45) is 5.92 Å². The number of carboxylic acids is 1. The minimum Gasteiger partial charge on any atom is -0.478 e. The molecule has 0 saturated carbocycles. The van der Waals surface area contributed by atoms with E-state index in [0.29, 0.717) is 22.5 Å². The predicted octanol–water partition coefficient (Wildman–Crippen LogP) is 3.12. The van der Waals surface area contributed by atoms with E-state index >= 15 is 0 Å². The van der Waals surface area contributed by atoms with E-state index in [0.717, 1.165) is 6.42 Å². The van der Waals surface area contributed by atoms with Gasteiger partial charge in [0.25, 0.3) is 0 Å². The van der Waals surface area contributed by atoms with E-state index in [-0.39, 0.29) is 10.5 Å². The van der Waals surface area contributed by atoms with Crippen molar-refractivity contribution in [2.45, 2.75) is 32.1 Å². The molecule has 1 aromatic rings. The van der Waals surface area contributed by atoms with Crippen LogP contribution in [0.1, 0.15) is 36.2 Å². The second-order valence-electron chi connectivity index (χ2n) is 5.39. The Hall–Kier alpha value is -0.920. The molecule has 0 saturated heterocycles. The van der Waals surface area contributed by atoms with Crippen LogP contribution in [0.5, 0.6) is 0 Å². The van der Waals surface area contributed by atoms with Crippen LogP contribution in [0.3, 0.4) is 0 Å². The van der Waals surface area contributed by atoms with Gasteiger partial charge in [-0.1, -0.05) is 29.8 Å². The van der Waals surface area contributed by atoms with Crippen molar-refractivity contribution in [3.63, 3.8) is 0 Å². The van der Waals surface area contributed by atoms with Crippen LogP contribution in [0.2, 0.25) is 0 Å². The Kier molecular flexibility index (Phi) is 5.95. The molecule has 0 aliphatic carbocycles.